The van der Waals surface area contributed by atoms with Crippen LogP contribution in [0, 0.1) is 13.8 Å². The van der Waals surface area contributed by atoms with Crippen molar-refractivity contribution in [3.05, 3.63) is 39.2 Å². The summed E-state index contributed by atoms with van der Waals surface area (Å²) in [6.45, 7) is 6.16. The maximum absolute atomic E-state index is 13.3. The maximum Gasteiger partial charge on any atom is 0.242 e. The van der Waals surface area contributed by atoms with E-state index in [-0.39, 0.29) is 12.0 Å². The van der Waals surface area contributed by atoms with Crippen LogP contribution in [0.15, 0.2) is 17.5 Å². The first-order chi connectivity index (χ1) is 15.0. The molecule has 1 aliphatic rings. The zero-order valence-corrected chi connectivity index (χ0v) is 19.5. The Hall–Kier alpha value is -2.45. The highest BCUT2D eigenvalue weighted by molar-refractivity contribution is 7.09. The number of ether oxygens (including phenoxy) is 2. The number of hydrogen-bond acceptors (Lipinski definition) is 6. The van der Waals surface area contributed by atoms with Crippen molar-refractivity contribution in [2.75, 3.05) is 20.3 Å². The van der Waals surface area contributed by atoms with E-state index in [0.29, 0.717) is 31.8 Å². The molecule has 0 aliphatic carbocycles. The van der Waals surface area contributed by atoms with Gasteiger partial charge in [-0.3, -0.25) is 4.79 Å². The highest BCUT2D eigenvalue weighted by atomic mass is 32.1. The molecule has 0 bridgehead atoms. The molecule has 0 saturated carbocycles. The van der Waals surface area contributed by atoms with Crippen LogP contribution in [-0.4, -0.2) is 51.9 Å². The molecule has 166 valence electrons. The van der Waals surface area contributed by atoms with Crippen LogP contribution in [0.2, 0.25) is 0 Å². The van der Waals surface area contributed by atoms with Gasteiger partial charge in [0.05, 0.1) is 25.1 Å². The van der Waals surface area contributed by atoms with Crippen molar-refractivity contribution in [3.63, 3.8) is 0 Å². The molecule has 4 rings (SSSR count). The van der Waals surface area contributed by atoms with Gasteiger partial charge in [0.25, 0.3) is 0 Å². The Labute approximate surface area is 187 Å². The number of fused-ring (bicyclic) bond motifs is 1. The number of carbonyl (C=O) groups excluding carboxylic acids is 1. The van der Waals surface area contributed by atoms with E-state index in [1.165, 1.54) is 4.88 Å². The van der Waals surface area contributed by atoms with Gasteiger partial charge in [-0.15, -0.1) is 16.4 Å². The van der Waals surface area contributed by atoms with E-state index in [0.717, 1.165) is 47.3 Å². The van der Waals surface area contributed by atoms with E-state index < -0.39 is 0 Å². The van der Waals surface area contributed by atoms with Gasteiger partial charge >= 0.3 is 0 Å². The molecule has 8 heteroatoms. The molecule has 7 nitrogen and oxygen atoms in total. The maximum atomic E-state index is 13.3. The highest BCUT2D eigenvalue weighted by Crippen LogP contribution is 2.30. The molecule has 1 unspecified atom stereocenters. The monoisotopic (exact) mass is 442 g/mol. The summed E-state index contributed by atoms with van der Waals surface area (Å²) in [6.07, 6.45) is 3.32. The second-order valence-electron chi connectivity index (χ2n) is 8.12. The second-order valence-corrected chi connectivity index (χ2v) is 9.15. The fraction of sp³-hybridized carbons (Fsp3) is 0.522. The average molecular weight is 443 g/mol. The molecule has 1 amide bonds. The number of hydrogen-bond donors (Lipinski definition) is 0. The predicted octanol–water partition coefficient (Wildman–Crippen LogP) is 3.80. The molecular formula is C23H30N4O3S. The van der Waals surface area contributed by atoms with Crippen molar-refractivity contribution in [1.82, 2.24) is 19.7 Å². The van der Waals surface area contributed by atoms with Gasteiger partial charge < -0.3 is 14.4 Å². The number of thiophene rings is 1. The lowest BCUT2D eigenvalue weighted by atomic mass is 10.00. The van der Waals surface area contributed by atoms with E-state index >= 15 is 0 Å². The SMILES string of the molecule is COc1nn(C)c2nc(C)c(CCC(=O)N(Cc3cccs3)CC3CCCO3)c(C)c12. The van der Waals surface area contributed by atoms with E-state index in [1.54, 1.807) is 23.1 Å². The van der Waals surface area contributed by atoms with Crippen LogP contribution in [0.3, 0.4) is 0 Å². The first-order valence-corrected chi connectivity index (χ1v) is 11.6. The highest BCUT2D eigenvalue weighted by Gasteiger charge is 2.24. The van der Waals surface area contributed by atoms with Gasteiger partial charge in [0.2, 0.25) is 11.8 Å². The number of aryl methyl sites for hydroxylation is 3. The molecule has 3 aromatic heterocycles. The zero-order valence-electron chi connectivity index (χ0n) is 18.7. The molecule has 0 spiro atoms. The van der Waals surface area contributed by atoms with Crippen LogP contribution in [-0.2, 0) is 29.5 Å². The summed E-state index contributed by atoms with van der Waals surface area (Å²) in [5, 5.41) is 7.40. The molecule has 1 fully saturated rings. The summed E-state index contributed by atoms with van der Waals surface area (Å²) in [5.74, 6) is 0.730. The minimum Gasteiger partial charge on any atom is -0.479 e. The van der Waals surface area contributed by atoms with Crippen molar-refractivity contribution in [2.24, 2.45) is 7.05 Å². The Balaban J connectivity index is 1.53. The van der Waals surface area contributed by atoms with E-state index in [4.69, 9.17) is 14.5 Å². The topological polar surface area (TPSA) is 69.5 Å². The first kappa shape index (κ1) is 21.8. The first-order valence-electron chi connectivity index (χ1n) is 10.8. The third-order valence-electron chi connectivity index (χ3n) is 6.03. The molecule has 4 heterocycles. The van der Waals surface area contributed by atoms with Crippen LogP contribution in [0.5, 0.6) is 5.88 Å². The number of rotatable bonds is 8. The van der Waals surface area contributed by atoms with E-state index in [2.05, 4.69) is 23.5 Å². The molecule has 0 radical (unpaired) electrons. The number of pyridine rings is 1. The number of aromatic nitrogens is 3. The van der Waals surface area contributed by atoms with Crippen LogP contribution >= 0.6 is 11.3 Å². The van der Waals surface area contributed by atoms with Gasteiger partial charge in [-0.2, -0.15) is 0 Å². The summed E-state index contributed by atoms with van der Waals surface area (Å²) in [7, 11) is 3.49. The average Bonchev–Trinajstić information content (AvgIpc) is 3.50. The van der Waals surface area contributed by atoms with Gasteiger partial charge in [0, 0.05) is 37.2 Å². The number of carbonyl (C=O) groups is 1. The number of methoxy groups -OCH3 is 1. The molecule has 31 heavy (non-hydrogen) atoms. The molecular weight excluding hydrogens is 412 g/mol. The van der Waals surface area contributed by atoms with Crippen molar-refractivity contribution in [1.29, 1.82) is 0 Å². The van der Waals surface area contributed by atoms with E-state index in [1.807, 2.05) is 24.9 Å². The fourth-order valence-electron chi connectivity index (χ4n) is 4.38. The van der Waals surface area contributed by atoms with Gasteiger partial charge in [-0.25, -0.2) is 9.67 Å². The molecule has 1 aliphatic heterocycles. The summed E-state index contributed by atoms with van der Waals surface area (Å²) >= 11 is 1.69. The molecule has 0 aromatic carbocycles. The minimum absolute atomic E-state index is 0.144. The zero-order chi connectivity index (χ0) is 22.0. The van der Waals surface area contributed by atoms with Crippen molar-refractivity contribution >= 4 is 28.3 Å². The lowest BCUT2D eigenvalue weighted by molar-refractivity contribution is -0.133. The minimum atomic E-state index is 0.144. The van der Waals surface area contributed by atoms with E-state index in [9.17, 15) is 4.79 Å². The van der Waals surface area contributed by atoms with Crippen LogP contribution in [0.4, 0.5) is 0 Å². The molecule has 1 atom stereocenters. The van der Waals surface area contributed by atoms with Crippen molar-refractivity contribution in [3.8, 4) is 5.88 Å². The number of nitrogens with zero attached hydrogens (tertiary/aromatic N) is 4. The smallest absolute Gasteiger partial charge is 0.242 e. The third kappa shape index (κ3) is 4.60. The summed E-state index contributed by atoms with van der Waals surface area (Å²) in [6, 6.07) is 4.12. The standard InChI is InChI=1S/C23H30N4O3S/c1-15-19(16(2)24-22-21(15)23(29-4)25-26(22)3)9-10-20(28)27(13-17-7-5-11-30-17)14-18-8-6-12-31-18/h6,8,12,17H,5,7,9-11,13-14H2,1-4H3. The van der Waals surface area contributed by atoms with Crippen molar-refractivity contribution in [2.45, 2.75) is 52.2 Å². The second kappa shape index (κ2) is 9.36. The van der Waals surface area contributed by atoms with Gasteiger partial charge in [-0.1, -0.05) is 6.07 Å². The third-order valence-corrected chi connectivity index (χ3v) is 6.89. The Morgan fingerprint density at radius 1 is 1.42 bits per heavy atom. The predicted molar refractivity (Wildman–Crippen MR) is 122 cm³/mol. The Morgan fingerprint density at radius 2 is 2.26 bits per heavy atom. The van der Waals surface area contributed by atoms with Crippen LogP contribution in [0.25, 0.3) is 11.0 Å². The van der Waals surface area contributed by atoms with Gasteiger partial charge in [0.1, 0.15) is 0 Å². The largest absolute Gasteiger partial charge is 0.479 e. The Morgan fingerprint density at radius 3 is 2.94 bits per heavy atom. The molecule has 0 N–H and O–H groups in total. The summed E-state index contributed by atoms with van der Waals surface area (Å²) in [5.41, 5.74) is 3.93. The summed E-state index contributed by atoms with van der Waals surface area (Å²) < 4.78 is 13.0. The van der Waals surface area contributed by atoms with Gasteiger partial charge in [-0.05, 0) is 55.7 Å². The molecule has 1 saturated heterocycles. The number of amides is 1. The summed E-state index contributed by atoms with van der Waals surface area (Å²) in [4.78, 5) is 21.2. The lowest BCUT2D eigenvalue weighted by Crippen LogP contribution is -2.36. The van der Waals surface area contributed by atoms with Gasteiger partial charge in [0.15, 0.2) is 5.65 Å². The fourth-order valence-corrected chi connectivity index (χ4v) is 5.10. The Kier molecular flexibility index (Phi) is 6.57. The van der Waals surface area contributed by atoms with Crippen LogP contribution in [0.1, 0.15) is 41.0 Å². The van der Waals surface area contributed by atoms with Crippen molar-refractivity contribution < 1.29 is 14.3 Å². The quantitative estimate of drug-likeness (QED) is 0.531. The Bertz CT molecular complexity index is 1050. The molecule has 3 aromatic rings. The normalized spacial score (nSPS) is 16.2. The lowest BCUT2D eigenvalue weighted by Gasteiger charge is -2.25. The van der Waals surface area contributed by atoms with Crippen LogP contribution < -0.4 is 4.74 Å².